The predicted octanol–water partition coefficient (Wildman–Crippen LogP) is 0.712. The van der Waals surface area contributed by atoms with Gasteiger partial charge in [-0.3, -0.25) is 14.5 Å². The summed E-state index contributed by atoms with van der Waals surface area (Å²) in [5.74, 6) is -0.294. The van der Waals surface area contributed by atoms with E-state index in [1.165, 1.54) is 11.8 Å². The zero-order chi connectivity index (χ0) is 8.59. The zero-order valence-electron chi connectivity index (χ0n) is 6.97. The molecular formula is C8H11NO2. The number of nitrogens with zero attached hydrogens (tertiary/aromatic N) is 1. The molecule has 11 heavy (non-hydrogen) atoms. The molecule has 60 valence electrons. The standard InChI is InChI=1S/C8H11NO2/c1-5(2)7-4-9(6(3)10)8(7)11/h4H2,1-3H3. The van der Waals surface area contributed by atoms with Crippen molar-refractivity contribution in [1.29, 1.82) is 0 Å². The van der Waals surface area contributed by atoms with Crippen molar-refractivity contribution in [3.05, 3.63) is 11.1 Å². The first-order valence-corrected chi connectivity index (χ1v) is 3.53. The van der Waals surface area contributed by atoms with Gasteiger partial charge in [0.05, 0.1) is 6.54 Å². The molecular weight excluding hydrogens is 142 g/mol. The molecule has 3 heteroatoms. The van der Waals surface area contributed by atoms with Gasteiger partial charge >= 0.3 is 0 Å². The minimum absolute atomic E-state index is 0.127. The summed E-state index contributed by atoms with van der Waals surface area (Å²) in [4.78, 5) is 23.0. The summed E-state index contributed by atoms with van der Waals surface area (Å²) < 4.78 is 0. The summed E-state index contributed by atoms with van der Waals surface area (Å²) in [6.45, 7) is 5.66. The van der Waals surface area contributed by atoms with Crippen molar-refractivity contribution in [3.8, 4) is 0 Å². The average Bonchev–Trinajstić information content (AvgIpc) is 1.82. The van der Waals surface area contributed by atoms with E-state index in [4.69, 9.17) is 0 Å². The maximum Gasteiger partial charge on any atom is 0.258 e. The van der Waals surface area contributed by atoms with E-state index in [0.717, 1.165) is 11.1 Å². The van der Waals surface area contributed by atoms with Crippen molar-refractivity contribution in [2.45, 2.75) is 20.8 Å². The van der Waals surface area contributed by atoms with Gasteiger partial charge in [0.15, 0.2) is 0 Å². The number of β-lactam (4-membered cyclic amide) rings is 1. The molecule has 0 bridgehead atoms. The second-order valence-electron chi connectivity index (χ2n) is 2.89. The van der Waals surface area contributed by atoms with Crippen LogP contribution < -0.4 is 0 Å². The van der Waals surface area contributed by atoms with Crippen LogP contribution in [0.3, 0.4) is 0 Å². The van der Waals surface area contributed by atoms with Gasteiger partial charge in [0.25, 0.3) is 5.91 Å². The predicted molar refractivity (Wildman–Crippen MR) is 40.8 cm³/mol. The lowest BCUT2D eigenvalue weighted by Gasteiger charge is -2.31. The molecule has 0 aromatic rings. The Bertz CT molecular complexity index is 249. The molecule has 0 aromatic carbocycles. The molecule has 1 aliphatic heterocycles. The van der Waals surface area contributed by atoms with Crippen LogP contribution in [0, 0.1) is 0 Å². The van der Waals surface area contributed by atoms with Crippen LogP contribution in [0.25, 0.3) is 0 Å². The summed E-state index contributed by atoms with van der Waals surface area (Å²) in [5.41, 5.74) is 1.78. The van der Waals surface area contributed by atoms with Gasteiger partial charge in [-0.2, -0.15) is 0 Å². The summed E-state index contributed by atoms with van der Waals surface area (Å²) in [7, 11) is 0. The number of allylic oxidation sites excluding steroid dienone is 1. The molecule has 0 N–H and O–H groups in total. The van der Waals surface area contributed by atoms with Crippen LogP contribution in [0.5, 0.6) is 0 Å². The van der Waals surface area contributed by atoms with Crippen LogP contribution in [0.4, 0.5) is 0 Å². The molecule has 1 heterocycles. The van der Waals surface area contributed by atoms with Gasteiger partial charge in [0.2, 0.25) is 5.91 Å². The summed E-state index contributed by atoms with van der Waals surface area (Å²) in [6.07, 6.45) is 0. The van der Waals surface area contributed by atoms with Crippen molar-refractivity contribution in [1.82, 2.24) is 4.90 Å². The third-order valence-corrected chi connectivity index (χ3v) is 1.80. The van der Waals surface area contributed by atoms with E-state index >= 15 is 0 Å². The third-order valence-electron chi connectivity index (χ3n) is 1.80. The van der Waals surface area contributed by atoms with Gasteiger partial charge in [0, 0.05) is 12.5 Å². The lowest BCUT2D eigenvalue weighted by atomic mass is 10.0. The molecule has 1 saturated heterocycles. The Labute approximate surface area is 65.7 Å². The number of hydrogen-bond acceptors (Lipinski definition) is 2. The monoisotopic (exact) mass is 153 g/mol. The fourth-order valence-corrected chi connectivity index (χ4v) is 0.996. The molecule has 0 unspecified atom stereocenters. The van der Waals surface area contributed by atoms with E-state index in [1.807, 2.05) is 13.8 Å². The van der Waals surface area contributed by atoms with E-state index in [0.29, 0.717) is 6.54 Å². The molecule has 1 fully saturated rings. The van der Waals surface area contributed by atoms with Crippen molar-refractivity contribution in [2.75, 3.05) is 6.54 Å². The Kier molecular flexibility index (Phi) is 1.81. The highest BCUT2D eigenvalue weighted by molar-refractivity contribution is 6.10. The minimum Gasteiger partial charge on any atom is -0.275 e. The molecule has 1 rings (SSSR count). The normalized spacial score (nSPS) is 16.5. The Hall–Kier alpha value is -1.12. The van der Waals surface area contributed by atoms with E-state index in [1.54, 1.807) is 0 Å². The Morgan fingerprint density at radius 2 is 1.91 bits per heavy atom. The van der Waals surface area contributed by atoms with E-state index in [9.17, 15) is 9.59 Å². The Balaban J connectivity index is 2.73. The van der Waals surface area contributed by atoms with Crippen LogP contribution in [-0.2, 0) is 9.59 Å². The maximum atomic E-state index is 11.1. The van der Waals surface area contributed by atoms with Crippen LogP contribution in [0.2, 0.25) is 0 Å². The van der Waals surface area contributed by atoms with Gasteiger partial charge in [-0.25, -0.2) is 0 Å². The highest BCUT2D eigenvalue weighted by atomic mass is 16.2. The van der Waals surface area contributed by atoms with E-state index in [-0.39, 0.29) is 11.8 Å². The average molecular weight is 153 g/mol. The molecule has 3 nitrogen and oxygen atoms in total. The summed E-state index contributed by atoms with van der Waals surface area (Å²) in [6, 6.07) is 0. The van der Waals surface area contributed by atoms with Gasteiger partial charge < -0.3 is 0 Å². The molecule has 0 aliphatic carbocycles. The van der Waals surface area contributed by atoms with Gasteiger partial charge in [-0.05, 0) is 13.8 Å². The quantitative estimate of drug-likeness (QED) is 0.379. The van der Waals surface area contributed by atoms with Crippen molar-refractivity contribution in [2.24, 2.45) is 0 Å². The van der Waals surface area contributed by atoms with Crippen LogP contribution >= 0.6 is 0 Å². The van der Waals surface area contributed by atoms with Crippen LogP contribution in [-0.4, -0.2) is 23.3 Å². The summed E-state index contributed by atoms with van der Waals surface area (Å²) >= 11 is 0. The topological polar surface area (TPSA) is 37.4 Å². The zero-order valence-corrected chi connectivity index (χ0v) is 6.97. The molecule has 0 saturated carbocycles. The van der Waals surface area contributed by atoms with Gasteiger partial charge in [0.1, 0.15) is 0 Å². The Morgan fingerprint density at radius 3 is 2.18 bits per heavy atom. The lowest BCUT2D eigenvalue weighted by Crippen LogP contribution is -2.49. The van der Waals surface area contributed by atoms with Crippen molar-refractivity contribution >= 4 is 11.8 Å². The number of hydrogen-bond donors (Lipinski definition) is 0. The first-order valence-electron chi connectivity index (χ1n) is 3.53. The number of amides is 2. The molecule has 2 amide bonds. The minimum atomic E-state index is -0.167. The fourth-order valence-electron chi connectivity index (χ4n) is 0.996. The maximum absolute atomic E-state index is 11.1. The van der Waals surface area contributed by atoms with Gasteiger partial charge in [-0.1, -0.05) is 5.57 Å². The first kappa shape index (κ1) is 7.98. The Morgan fingerprint density at radius 1 is 1.36 bits per heavy atom. The van der Waals surface area contributed by atoms with Gasteiger partial charge in [-0.15, -0.1) is 0 Å². The number of imide groups is 1. The number of rotatable bonds is 0. The second-order valence-corrected chi connectivity index (χ2v) is 2.89. The van der Waals surface area contributed by atoms with E-state index in [2.05, 4.69) is 0 Å². The fraction of sp³-hybridized carbons (Fsp3) is 0.500. The molecule has 0 atom stereocenters. The van der Waals surface area contributed by atoms with Crippen molar-refractivity contribution in [3.63, 3.8) is 0 Å². The highest BCUT2D eigenvalue weighted by Crippen LogP contribution is 2.19. The first-order chi connectivity index (χ1) is 5.04. The van der Waals surface area contributed by atoms with E-state index < -0.39 is 0 Å². The number of likely N-dealkylation sites (tertiary alicyclic amines) is 1. The van der Waals surface area contributed by atoms with Crippen LogP contribution in [0.15, 0.2) is 11.1 Å². The van der Waals surface area contributed by atoms with Crippen molar-refractivity contribution < 1.29 is 9.59 Å². The second kappa shape index (κ2) is 2.49. The third kappa shape index (κ3) is 1.18. The molecule has 0 spiro atoms. The van der Waals surface area contributed by atoms with Crippen LogP contribution in [0.1, 0.15) is 20.8 Å². The molecule has 1 aliphatic rings. The number of carbonyl (C=O) groups is 2. The summed E-state index contributed by atoms with van der Waals surface area (Å²) in [5, 5.41) is 0. The number of carbonyl (C=O) groups excluding carboxylic acids is 2. The highest BCUT2D eigenvalue weighted by Gasteiger charge is 2.33. The SMILES string of the molecule is CC(=O)N1CC(=C(C)C)C1=O. The smallest absolute Gasteiger partial charge is 0.258 e. The molecule has 0 aromatic heterocycles. The largest absolute Gasteiger partial charge is 0.275 e. The molecule has 0 radical (unpaired) electrons. The lowest BCUT2D eigenvalue weighted by molar-refractivity contribution is -0.145.